The maximum Gasteiger partial charge on any atom is 0.338 e. The second-order valence-electron chi connectivity index (χ2n) is 3.97. The Bertz CT molecular complexity index is 694. The summed E-state index contributed by atoms with van der Waals surface area (Å²) >= 11 is 8.17. The first kappa shape index (κ1) is 14.9. The number of anilines is 3. The van der Waals surface area contributed by atoms with Crippen molar-refractivity contribution < 1.29 is 14.3 Å². The first-order valence-corrected chi connectivity index (χ1v) is 6.88. The summed E-state index contributed by atoms with van der Waals surface area (Å²) in [6, 6.07) is 7.40. The largest absolute Gasteiger partial charge is 0.478 e. The van der Waals surface area contributed by atoms with Gasteiger partial charge in [0.25, 0.3) is 0 Å². The summed E-state index contributed by atoms with van der Waals surface area (Å²) in [4.78, 5) is 10.8. The van der Waals surface area contributed by atoms with Gasteiger partial charge < -0.3 is 16.2 Å². The minimum Gasteiger partial charge on any atom is -0.478 e. The molecule has 2 aromatic rings. The quantitative estimate of drug-likeness (QED) is 0.530. The monoisotopic (exact) mass is 406 g/mol. The molecule has 0 atom stereocenters. The van der Waals surface area contributed by atoms with E-state index in [4.69, 9.17) is 22.4 Å². The highest BCUT2D eigenvalue weighted by molar-refractivity contribution is 14.1. The molecule has 0 aromatic heterocycles. The van der Waals surface area contributed by atoms with Gasteiger partial charge in [0.2, 0.25) is 0 Å². The normalized spacial score (nSPS) is 10.3. The Morgan fingerprint density at radius 3 is 2.60 bits per heavy atom. The molecule has 0 aliphatic rings. The van der Waals surface area contributed by atoms with Crippen LogP contribution in [0.25, 0.3) is 0 Å². The molecule has 0 saturated carbocycles. The summed E-state index contributed by atoms with van der Waals surface area (Å²) in [5.74, 6) is -2.23. The van der Waals surface area contributed by atoms with Crippen molar-refractivity contribution >= 4 is 57.2 Å². The zero-order chi connectivity index (χ0) is 14.9. The summed E-state index contributed by atoms with van der Waals surface area (Å²) in [6.45, 7) is 0. The summed E-state index contributed by atoms with van der Waals surface area (Å²) in [5, 5.41) is 12.1. The maximum absolute atomic E-state index is 13.6. The van der Waals surface area contributed by atoms with Gasteiger partial charge in [-0.3, -0.25) is 0 Å². The summed E-state index contributed by atoms with van der Waals surface area (Å²) < 4.78 is 14.6. The highest BCUT2D eigenvalue weighted by Gasteiger charge is 2.14. The Balaban J connectivity index is 2.39. The lowest BCUT2D eigenvalue weighted by Crippen LogP contribution is -2.05. The van der Waals surface area contributed by atoms with Crippen LogP contribution in [0.5, 0.6) is 0 Å². The second-order valence-corrected chi connectivity index (χ2v) is 5.63. The van der Waals surface area contributed by atoms with Crippen molar-refractivity contribution in [3.63, 3.8) is 0 Å². The van der Waals surface area contributed by atoms with E-state index in [0.717, 1.165) is 15.7 Å². The summed E-state index contributed by atoms with van der Waals surface area (Å²) in [5.41, 5.74) is 6.19. The van der Waals surface area contributed by atoms with Crippen LogP contribution in [0.3, 0.4) is 0 Å². The molecule has 4 N–H and O–H groups in total. The lowest BCUT2D eigenvalue weighted by Gasteiger charge is -2.12. The Morgan fingerprint density at radius 2 is 2.00 bits per heavy atom. The third-order valence-corrected chi connectivity index (χ3v) is 3.55. The zero-order valence-corrected chi connectivity index (χ0v) is 12.9. The lowest BCUT2D eigenvalue weighted by atomic mass is 10.1. The van der Waals surface area contributed by atoms with Crippen molar-refractivity contribution in [1.82, 2.24) is 0 Å². The number of rotatable bonds is 3. The Labute approximate surface area is 132 Å². The van der Waals surface area contributed by atoms with Crippen molar-refractivity contribution in [3.8, 4) is 0 Å². The fourth-order valence-electron chi connectivity index (χ4n) is 1.60. The molecule has 0 spiro atoms. The van der Waals surface area contributed by atoms with Gasteiger partial charge in [0.05, 0.1) is 27.6 Å². The molecule has 0 saturated heterocycles. The van der Waals surface area contributed by atoms with Crippen molar-refractivity contribution in [2.24, 2.45) is 0 Å². The average Bonchev–Trinajstić information content (AvgIpc) is 2.36. The number of aromatic carboxylic acids is 1. The van der Waals surface area contributed by atoms with E-state index >= 15 is 0 Å². The molecule has 0 aliphatic heterocycles. The molecule has 4 nitrogen and oxygen atoms in total. The molecular formula is C13H9ClFIN2O2. The van der Waals surface area contributed by atoms with E-state index in [1.165, 1.54) is 0 Å². The number of carboxylic acid groups (broad SMARTS) is 1. The van der Waals surface area contributed by atoms with Crippen molar-refractivity contribution in [1.29, 1.82) is 0 Å². The Hall–Kier alpha value is -1.54. The number of nitrogens with one attached hydrogen (secondary N) is 1. The van der Waals surface area contributed by atoms with Crippen LogP contribution in [0.2, 0.25) is 5.02 Å². The van der Waals surface area contributed by atoms with E-state index in [2.05, 4.69) is 27.9 Å². The Morgan fingerprint density at radius 1 is 1.30 bits per heavy atom. The number of benzene rings is 2. The predicted molar refractivity (Wildman–Crippen MR) is 85.2 cm³/mol. The number of nitrogen functional groups attached to an aromatic ring is 1. The molecule has 104 valence electrons. The maximum atomic E-state index is 13.6. The topological polar surface area (TPSA) is 75.4 Å². The molecule has 20 heavy (non-hydrogen) atoms. The van der Waals surface area contributed by atoms with Crippen LogP contribution in [-0.4, -0.2) is 11.1 Å². The van der Waals surface area contributed by atoms with E-state index < -0.39 is 17.3 Å². The van der Waals surface area contributed by atoms with Gasteiger partial charge in [-0.2, -0.15) is 0 Å². The second kappa shape index (κ2) is 5.84. The zero-order valence-electron chi connectivity index (χ0n) is 9.95. The van der Waals surface area contributed by atoms with Gasteiger partial charge in [-0.05, 0) is 46.9 Å². The molecule has 7 heteroatoms. The first-order valence-electron chi connectivity index (χ1n) is 5.43. The minimum atomic E-state index is -1.37. The molecule has 0 bridgehead atoms. The van der Waals surface area contributed by atoms with Gasteiger partial charge in [-0.25, -0.2) is 9.18 Å². The number of carboxylic acids is 1. The van der Waals surface area contributed by atoms with Gasteiger partial charge in [-0.1, -0.05) is 11.6 Å². The first-order chi connectivity index (χ1) is 9.38. The van der Waals surface area contributed by atoms with Gasteiger partial charge in [0, 0.05) is 9.64 Å². The molecule has 2 aromatic carbocycles. The van der Waals surface area contributed by atoms with Gasteiger partial charge >= 0.3 is 5.97 Å². The lowest BCUT2D eigenvalue weighted by molar-refractivity contribution is 0.0692. The molecule has 2 rings (SSSR count). The van der Waals surface area contributed by atoms with Crippen LogP contribution in [0.1, 0.15) is 10.4 Å². The predicted octanol–water partition coefficient (Wildman–Crippen LogP) is 4.11. The van der Waals surface area contributed by atoms with Crippen LogP contribution in [0.15, 0.2) is 30.3 Å². The summed E-state index contributed by atoms with van der Waals surface area (Å²) in [7, 11) is 0. The SMILES string of the molecule is Nc1cc(C(=O)O)c(F)cc1Nc1ccc(I)cc1Cl. The molecule has 0 aliphatic carbocycles. The highest BCUT2D eigenvalue weighted by Crippen LogP contribution is 2.31. The van der Waals surface area contributed by atoms with Gasteiger partial charge in [-0.15, -0.1) is 0 Å². The minimum absolute atomic E-state index is 0.124. The van der Waals surface area contributed by atoms with Crippen molar-refractivity contribution in [3.05, 3.63) is 50.3 Å². The molecule has 0 unspecified atom stereocenters. The number of hydrogen-bond donors (Lipinski definition) is 3. The Kier molecular flexibility index (Phi) is 4.34. The molecule has 0 heterocycles. The van der Waals surface area contributed by atoms with Crippen molar-refractivity contribution in [2.45, 2.75) is 0 Å². The average molecular weight is 407 g/mol. The number of hydrogen-bond acceptors (Lipinski definition) is 3. The van der Waals surface area contributed by atoms with E-state index in [0.29, 0.717) is 10.7 Å². The molecule has 0 fully saturated rings. The van der Waals surface area contributed by atoms with Crippen molar-refractivity contribution in [2.75, 3.05) is 11.1 Å². The smallest absolute Gasteiger partial charge is 0.338 e. The number of nitrogens with two attached hydrogens (primary N) is 1. The van der Waals surface area contributed by atoms with E-state index in [1.807, 2.05) is 6.07 Å². The number of carbonyl (C=O) groups is 1. The summed E-state index contributed by atoms with van der Waals surface area (Å²) in [6.07, 6.45) is 0. The van der Waals surface area contributed by atoms with E-state index in [-0.39, 0.29) is 11.4 Å². The highest BCUT2D eigenvalue weighted by atomic mass is 127. The fourth-order valence-corrected chi connectivity index (χ4v) is 2.50. The number of halogens is 3. The fraction of sp³-hybridized carbons (Fsp3) is 0. The van der Waals surface area contributed by atoms with Crippen LogP contribution >= 0.6 is 34.2 Å². The van der Waals surface area contributed by atoms with Crippen LogP contribution in [0.4, 0.5) is 21.5 Å². The van der Waals surface area contributed by atoms with Crippen LogP contribution in [-0.2, 0) is 0 Å². The molecule has 0 radical (unpaired) electrons. The van der Waals surface area contributed by atoms with E-state index in [1.54, 1.807) is 12.1 Å². The third kappa shape index (κ3) is 3.13. The van der Waals surface area contributed by atoms with Gasteiger partial charge in [0.1, 0.15) is 5.82 Å². The third-order valence-electron chi connectivity index (χ3n) is 2.57. The van der Waals surface area contributed by atoms with Gasteiger partial charge in [0.15, 0.2) is 0 Å². The van der Waals surface area contributed by atoms with Crippen LogP contribution in [0, 0.1) is 9.39 Å². The van der Waals surface area contributed by atoms with E-state index in [9.17, 15) is 9.18 Å². The van der Waals surface area contributed by atoms with Crippen LogP contribution < -0.4 is 11.1 Å². The molecular weight excluding hydrogens is 398 g/mol. The molecule has 0 amide bonds. The standard InChI is InChI=1S/C13H9ClFIN2O2/c14-8-3-6(16)1-2-11(8)18-12-5-9(15)7(13(19)20)4-10(12)17/h1-5,18H,17H2,(H,19,20).